The van der Waals surface area contributed by atoms with Crippen molar-refractivity contribution >= 4 is 35.6 Å². The number of benzene rings is 1. The number of ether oxygens (including phenoxy) is 3. The third-order valence-electron chi connectivity index (χ3n) is 4.32. The summed E-state index contributed by atoms with van der Waals surface area (Å²) < 4.78 is 30.2. The first kappa shape index (κ1) is 25.9. The fraction of sp³-hybridized carbons (Fsp3) is 0.650. The molecule has 0 spiro atoms. The van der Waals surface area contributed by atoms with E-state index in [0.717, 1.165) is 44.1 Å². The zero-order valence-electron chi connectivity index (χ0n) is 17.4. The Morgan fingerprint density at radius 3 is 2.69 bits per heavy atom. The second kappa shape index (κ2) is 15.6. The molecule has 0 aromatic heterocycles. The first-order chi connectivity index (χ1) is 13.7. The Kier molecular flexibility index (Phi) is 14.0. The molecule has 1 saturated heterocycles. The molecule has 0 radical (unpaired) electrons. The van der Waals surface area contributed by atoms with Gasteiger partial charge >= 0.3 is 0 Å². The maximum absolute atomic E-state index is 14.5. The van der Waals surface area contributed by atoms with Gasteiger partial charge in [-0.2, -0.15) is 0 Å². The van der Waals surface area contributed by atoms with Crippen LogP contribution < -0.4 is 15.5 Å². The minimum absolute atomic E-state index is 0. The molecule has 29 heavy (non-hydrogen) atoms. The Hall–Kier alpha value is -1.17. The number of methoxy groups -OCH3 is 1. The molecular formula is C20H34FIN4O3. The molecule has 7 nitrogen and oxygen atoms in total. The van der Waals surface area contributed by atoms with Gasteiger partial charge < -0.3 is 29.7 Å². The fourth-order valence-corrected chi connectivity index (χ4v) is 2.85. The molecule has 2 rings (SSSR count). The highest BCUT2D eigenvalue weighted by molar-refractivity contribution is 14.0. The number of morpholine rings is 1. The molecular weight excluding hydrogens is 490 g/mol. The van der Waals surface area contributed by atoms with Crippen LogP contribution in [0.15, 0.2) is 23.2 Å². The van der Waals surface area contributed by atoms with Crippen LogP contribution in [0, 0.1) is 5.82 Å². The third kappa shape index (κ3) is 9.92. The monoisotopic (exact) mass is 524 g/mol. The Labute approximate surface area is 190 Å². The lowest BCUT2D eigenvalue weighted by Gasteiger charge is -2.29. The van der Waals surface area contributed by atoms with Crippen molar-refractivity contribution in [2.75, 3.05) is 71.2 Å². The van der Waals surface area contributed by atoms with Crippen LogP contribution in [0.5, 0.6) is 0 Å². The molecule has 0 atom stereocenters. The van der Waals surface area contributed by atoms with Gasteiger partial charge in [-0.1, -0.05) is 6.07 Å². The number of guanidine groups is 1. The molecule has 1 aliphatic heterocycles. The van der Waals surface area contributed by atoms with Gasteiger partial charge in [-0.15, -0.1) is 24.0 Å². The average Bonchev–Trinajstić information content (AvgIpc) is 2.72. The van der Waals surface area contributed by atoms with Crippen LogP contribution in [0.25, 0.3) is 0 Å². The van der Waals surface area contributed by atoms with Crippen molar-refractivity contribution in [3.63, 3.8) is 0 Å². The largest absolute Gasteiger partial charge is 0.382 e. The lowest BCUT2D eigenvalue weighted by molar-refractivity contribution is 0.0698. The van der Waals surface area contributed by atoms with E-state index in [2.05, 4.69) is 15.6 Å². The van der Waals surface area contributed by atoms with Crippen LogP contribution in [0.1, 0.15) is 18.9 Å². The first-order valence-electron chi connectivity index (χ1n) is 9.94. The Bertz CT molecular complexity index is 601. The third-order valence-corrected chi connectivity index (χ3v) is 4.32. The molecule has 1 fully saturated rings. The Morgan fingerprint density at radius 2 is 2.00 bits per heavy atom. The number of nitrogens with zero attached hydrogens (tertiary/aromatic N) is 2. The van der Waals surface area contributed by atoms with E-state index < -0.39 is 0 Å². The molecule has 0 amide bonds. The summed E-state index contributed by atoms with van der Waals surface area (Å²) in [6.07, 6.45) is 0.872. The van der Waals surface area contributed by atoms with Gasteiger partial charge in [0, 0.05) is 39.9 Å². The number of hydrogen-bond donors (Lipinski definition) is 2. The lowest BCUT2D eigenvalue weighted by Crippen LogP contribution is -2.38. The van der Waals surface area contributed by atoms with Crippen molar-refractivity contribution in [3.8, 4) is 0 Å². The van der Waals surface area contributed by atoms with Gasteiger partial charge in [-0.05, 0) is 31.0 Å². The summed E-state index contributed by atoms with van der Waals surface area (Å²) in [4.78, 5) is 6.57. The number of hydrogen-bond acceptors (Lipinski definition) is 5. The zero-order valence-corrected chi connectivity index (χ0v) is 19.7. The van der Waals surface area contributed by atoms with E-state index in [0.29, 0.717) is 45.3 Å². The molecule has 1 heterocycles. The van der Waals surface area contributed by atoms with Crippen molar-refractivity contribution in [2.45, 2.75) is 19.9 Å². The summed E-state index contributed by atoms with van der Waals surface area (Å²) in [5, 5.41) is 6.48. The average molecular weight is 524 g/mol. The molecule has 9 heteroatoms. The van der Waals surface area contributed by atoms with E-state index in [9.17, 15) is 4.39 Å². The fourth-order valence-electron chi connectivity index (χ4n) is 2.85. The Morgan fingerprint density at radius 1 is 1.21 bits per heavy atom. The topological polar surface area (TPSA) is 67.4 Å². The molecule has 1 aliphatic rings. The van der Waals surface area contributed by atoms with Crippen LogP contribution in [-0.4, -0.2) is 72.3 Å². The molecule has 1 aromatic rings. The second-order valence-electron chi connectivity index (χ2n) is 6.47. The predicted molar refractivity (Wildman–Crippen MR) is 125 cm³/mol. The second-order valence-corrected chi connectivity index (χ2v) is 6.47. The van der Waals surface area contributed by atoms with Crippen molar-refractivity contribution in [3.05, 3.63) is 29.6 Å². The molecule has 0 aliphatic carbocycles. The van der Waals surface area contributed by atoms with Gasteiger partial charge in [0.25, 0.3) is 0 Å². The number of rotatable bonds is 11. The maximum Gasteiger partial charge on any atom is 0.191 e. The van der Waals surface area contributed by atoms with E-state index in [1.165, 1.54) is 0 Å². The van der Waals surface area contributed by atoms with Crippen LogP contribution in [0.4, 0.5) is 10.1 Å². The van der Waals surface area contributed by atoms with Gasteiger partial charge in [0.05, 0.1) is 38.7 Å². The molecule has 0 saturated carbocycles. The van der Waals surface area contributed by atoms with Gasteiger partial charge in [0.15, 0.2) is 5.96 Å². The van der Waals surface area contributed by atoms with Crippen LogP contribution >= 0.6 is 24.0 Å². The summed E-state index contributed by atoms with van der Waals surface area (Å²) in [7, 11) is 1.66. The van der Waals surface area contributed by atoms with E-state index in [-0.39, 0.29) is 29.8 Å². The van der Waals surface area contributed by atoms with E-state index >= 15 is 0 Å². The number of nitrogens with one attached hydrogen (secondary N) is 2. The van der Waals surface area contributed by atoms with Gasteiger partial charge in [0.2, 0.25) is 0 Å². The quantitative estimate of drug-likeness (QED) is 0.201. The summed E-state index contributed by atoms with van der Waals surface area (Å²) in [6.45, 7) is 8.56. The smallest absolute Gasteiger partial charge is 0.191 e. The minimum Gasteiger partial charge on any atom is -0.382 e. The maximum atomic E-state index is 14.5. The summed E-state index contributed by atoms with van der Waals surface area (Å²) in [6, 6.07) is 5.34. The van der Waals surface area contributed by atoms with Gasteiger partial charge in [-0.3, -0.25) is 0 Å². The van der Waals surface area contributed by atoms with E-state index in [1.807, 2.05) is 24.0 Å². The van der Waals surface area contributed by atoms with Crippen molar-refractivity contribution in [1.29, 1.82) is 0 Å². The standard InChI is InChI=1S/C20H33FN4O3.HI/c1-3-22-20(23-7-4-10-27-14-13-26-2)24-16-17-5-6-19(18(21)15-17)25-8-11-28-12-9-25;/h5-6,15H,3-4,7-14,16H2,1-2H3,(H2,22,23,24);1H. The zero-order chi connectivity index (χ0) is 20.0. The number of anilines is 1. The molecule has 166 valence electrons. The summed E-state index contributed by atoms with van der Waals surface area (Å²) in [5.74, 6) is 0.512. The Balaban J connectivity index is 0.00000420. The van der Waals surface area contributed by atoms with Crippen molar-refractivity contribution < 1.29 is 18.6 Å². The molecule has 1 aromatic carbocycles. The summed E-state index contributed by atoms with van der Waals surface area (Å²) >= 11 is 0. The van der Waals surface area contributed by atoms with Crippen LogP contribution in [0.3, 0.4) is 0 Å². The highest BCUT2D eigenvalue weighted by atomic mass is 127. The number of aliphatic imine (C=N–C) groups is 1. The highest BCUT2D eigenvalue weighted by Gasteiger charge is 2.15. The number of halogens is 2. The summed E-state index contributed by atoms with van der Waals surface area (Å²) in [5.41, 5.74) is 1.48. The van der Waals surface area contributed by atoms with Gasteiger partial charge in [-0.25, -0.2) is 9.38 Å². The molecule has 0 unspecified atom stereocenters. The molecule has 0 bridgehead atoms. The van der Waals surface area contributed by atoms with Crippen LogP contribution in [0.2, 0.25) is 0 Å². The minimum atomic E-state index is -0.208. The van der Waals surface area contributed by atoms with Crippen molar-refractivity contribution in [2.24, 2.45) is 4.99 Å². The highest BCUT2D eigenvalue weighted by Crippen LogP contribution is 2.21. The SMILES string of the molecule is CCNC(=NCc1ccc(N2CCOCC2)c(F)c1)NCCCOCCOC.I. The predicted octanol–water partition coefficient (Wildman–Crippen LogP) is 2.39. The van der Waals surface area contributed by atoms with Gasteiger partial charge in [0.1, 0.15) is 5.82 Å². The van der Waals surface area contributed by atoms with Crippen LogP contribution in [-0.2, 0) is 20.8 Å². The van der Waals surface area contributed by atoms with Crippen molar-refractivity contribution in [1.82, 2.24) is 10.6 Å². The normalized spacial score (nSPS) is 14.4. The van der Waals surface area contributed by atoms with E-state index in [4.69, 9.17) is 14.2 Å². The first-order valence-corrected chi connectivity index (χ1v) is 9.94. The molecule has 2 N–H and O–H groups in total. The van der Waals surface area contributed by atoms with E-state index in [1.54, 1.807) is 13.2 Å². The lowest BCUT2D eigenvalue weighted by atomic mass is 10.1.